The summed E-state index contributed by atoms with van der Waals surface area (Å²) >= 11 is 0. The van der Waals surface area contributed by atoms with Gasteiger partial charge >= 0.3 is 5.97 Å². The van der Waals surface area contributed by atoms with E-state index in [1.54, 1.807) is 12.1 Å². The summed E-state index contributed by atoms with van der Waals surface area (Å²) in [6.07, 6.45) is 0.948. The third-order valence-electron chi connectivity index (χ3n) is 5.24. The summed E-state index contributed by atoms with van der Waals surface area (Å²) in [5, 5.41) is 2.42. The quantitative estimate of drug-likeness (QED) is 0.225. The van der Waals surface area contributed by atoms with Gasteiger partial charge in [0.25, 0.3) is 8.32 Å². The maximum absolute atomic E-state index is 12.2. The number of benzene rings is 3. The van der Waals surface area contributed by atoms with Crippen molar-refractivity contribution in [2.75, 3.05) is 6.61 Å². The average molecular weight is 419 g/mol. The molecule has 30 heavy (non-hydrogen) atoms. The molecule has 0 unspecified atom stereocenters. The van der Waals surface area contributed by atoms with Crippen molar-refractivity contribution < 1.29 is 14.0 Å². The van der Waals surface area contributed by atoms with Gasteiger partial charge in [-0.1, -0.05) is 99.6 Å². The summed E-state index contributed by atoms with van der Waals surface area (Å²) in [5.74, 6) is 0.350. The maximum atomic E-state index is 12.2. The molecule has 0 aromatic heterocycles. The van der Waals surface area contributed by atoms with Crippen LogP contribution in [-0.2, 0) is 9.22 Å². The molecule has 0 spiro atoms. The molecule has 3 aromatic rings. The standard InChI is InChI=1S/C26H30O3Si/c1-26(2,3)30(23-16-9-5-10-17-23,24-18-11-6-12-19-24)28-21-13-20-25(27)29-22-14-7-4-8-15-22/h4-12,14-19H,13,20-21H2,1-3H3. The summed E-state index contributed by atoms with van der Waals surface area (Å²) in [6, 6.07) is 30.3. The van der Waals surface area contributed by atoms with Crippen LogP contribution in [0.25, 0.3) is 0 Å². The van der Waals surface area contributed by atoms with E-state index >= 15 is 0 Å². The van der Waals surface area contributed by atoms with E-state index in [1.165, 1.54) is 10.4 Å². The summed E-state index contributed by atoms with van der Waals surface area (Å²) in [4.78, 5) is 12.2. The minimum Gasteiger partial charge on any atom is -0.427 e. The molecule has 0 fully saturated rings. The smallest absolute Gasteiger partial charge is 0.311 e. The summed E-state index contributed by atoms with van der Waals surface area (Å²) in [6.45, 7) is 7.27. The summed E-state index contributed by atoms with van der Waals surface area (Å²) in [5.41, 5.74) is 0. The fraction of sp³-hybridized carbons (Fsp3) is 0.269. The Hall–Kier alpha value is -2.69. The molecular formula is C26H30O3Si. The van der Waals surface area contributed by atoms with Crippen molar-refractivity contribution in [3.63, 3.8) is 0 Å². The van der Waals surface area contributed by atoms with Crippen LogP contribution in [0.15, 0.2) is 91.0 Å². The van der Waals surface area contributed by atoms with E-state index in [9.17, 15) is 4.79 Å². The van der Waals surface area contributed by atoms with Gasteiger partial charge in [-0.3, -0.25) is 4.79 Å². The van der Waals surface area contributed by atoms with Gasteiger partial charge in [0.05, 0.1) is 0 Å². The normalized spacial score (nSPS) is 11.8. The Labute approximate surface area is 180 Å². The number of ether oxygens (including phenoxy) is 1. The minimum atomic E-state index is -2.55. The Bertz CT molecular complexity index is 879. The van der Waals surface area contributed by atoms with Crippen molar-refractivity contribution in [2.45, 2.75) is 38.7 Å². The van der Waals surface area contributed by atoms with E-state index in [0.717, 1.165) is 0 Å². The van der Waals surface area contributed by atoms with E-state index in [1.807, 2.05) is 30.3 Å². The highest BCUT2D eigenvalue weighted by atomic mass is 28.4. The van der Waals surface area contributed by atoms with Gasteiger partial charge in [-0.25, -0.2) is 0 Å². The van der Waals surface area contributed by atoms with Gasteiger partial charge in [0.2, 0.25) is 0 Å². The van der Waals surface area contributed by atoms with Crippen LogP contribution in [0.5, 0.6) is 5.75 Å². The number of para-hydroxylation sites is 1. The number of esters is 1. The molecule has 0 bridgehead atoms. The molecule has 0 aliphatic rings. The lowest BCUT2D eigenvalue weighted by atomic mass is 10.2. The number of rotatable bonds is 8. The predicted molar refractivity (Wildman–Crippen MR) is 125 cm³/mol. The Morgan fingerprint density at radius 2 is 1.23 bits per heavy atom. The Morgan fingerprint density at radius 1 is 0.767 bits per heavy atom. The zero-order chi connectivity index (χ0) is 21.5. The second kappa shape index (κ2) is 9.87. The molecule has 0 saturated heterocycles. The molecule has 0 amide bonds. The minimum absolute atomic E-state index is 0.0692. The molecule has 0 heterocycles. The molecule has 0 atom stereocenters. The highest BCUT2D eigenvalue weighted by molar-refractivity contribution is 6.99. The van der Waals surface area contributed by atoms with Gasteiger partial charge in [0, 0.05) is 13.0 Å². The third-order valence-corrected chi connectivity index (χ3v) is 10.3. The first-order chi connectivity index (χ1) is 14.4. The van der Waals surface area contributed by atoms with Crippen molar-refractivity contribution in [3.05, 3.63) is 91.0 Å². The highest BCUT2D eigenvalue weighted by Crippen LogP contribution is 2.36. The van der Waals surface area contributed by atoms with Crippen molar-refractivity contribution in [1.82, 2.24) is 0 Å². The van der Waals surface area contributed by atoms with Crippen LogP contribution in [0.4, 0.5) is 0 Å². The average Bonchev–Trinajstić information content (AvgIpc) is 2.75. The fourth-order valence-corrected chi connectivity index (χ4v) is 8.48. The van der Waals surface area contributed by atoms with Crippen LogP contribution in [0, 0.1) is 0 Å². The molecule has 3 nitrogen and oxygen atoms in total. The molecule has 4 heteroatoms. The zero-order valence-electron chi connectivity index (χ0n) is 18.0. The van der Waals surface area contributed by atoms with E-state index in [0.29, 0.717) is 25.2 Å². The first kappa shape index (κ1) is 22.0. The SMILES string of the molecule is CC(C)(C)[Si](OCCCC(=O)Oc1ccccc1)(c1ccccc1)c1ccccc1. The van der Waals surface area contributed by atoms with Crippen LogP contribution in [-0.4, -0.2) is 20.9 Å². The Kier molecular flexibility index (Phi) is 7.24. The summed E-state index contributed by atoms with van der Waals surface area (Å²) < 4.78 is 12.2. The number of carbonyl (C=O) groups excluding carboxylic acids is 1. The molecule has 0 radical (unpaired) electrons. The lowest BCUT2D eigenvalue weighted by molar-refractivity contribution is -0.134. The van der Waals surface area contributed by atoms with Crippen molar-refractivity contribution in [2.24, 2.45) is 0 Å². The molecule has 0 aliphatic heterocycles. The first-order valence-corrected chi connectivity index (χ1v) is 12.3. The van der Waals surface area contributed by atoms with Gasteiger partial charge in [0.1, 0.15) is 5.75 Å². The largest absolute Gasteiger partial charge is 0.427 e. The van der Waals surface area contributed by atoms with Crippen molar-refractivity contribution >= 4 is 24.7 Å². The van der Waals surface area contributed by atoms with Gasteiger partial charge in [0.15, 0.2) is 0 Å². The van der Waals surface area contributed by atoms with Crippen LogP contribution < -0.4 is 15.1 Å². The van der Waals surface area contributed by atoms with E-state index in [4.69, 9.17) is 9.16 Å². The molecule has 3 aromatic carbocycles. The second-order valence-electron chi connectivity index (χ2n) is 8.40. The second-order valence-corrected chi connectivity index (χ2v) is 12.7. The molecule has 0 saturated carbocycles. The Morgan fingerprint density at radius 3 is 1.70 bits per heavy atom. The van der Waals surface area contributed by atoms with Gasteiger partial charge in [-0.15, -0.1) is 0 Å². The fourth-order valence-electron chi connectivity index (χ4n) is 3.87. The molecule has 0 aliphatic carbocycles. The van der Waals surface area contributed by atoms with E-state index in [2.05, 4.69) is 69.3 Å². The lowest BCUT2D eigenvalue weighted by Crippen LogP contribution is -2.66. The number of hydrogen-bond acceptors (Lipinski definition) is 3. The highest BCUT2D eigenvalue weighted by Gasteiger charge is 2.49. The van der Waals surface area contributed by atoms with E-state index in [-0.39, 0.29) is 11.0 Å². The van der Waals surface area contributed by atoms with Gasteiger partial charge in [-0.05, 0) is 34.0 Å². The van der Waals surface area contributed by atoms with Crippen molar-refractivity contribution in [3.8, 4) is 5.75 Å². The van der Waals surface area contributed by atoms with E-state index < -0.39 is 8.32 Å². The van der Waals surface area contributed by atoms with Crippen LogP contribution >= 0.6 is 0 Å². The number of hydrogen-bond donors (Lipinski definition) is 0. The van der Waals surface area contributed by atoms with Gasteiger partial charge < -0.3 is 9.16 Å². The van der Waals surface area contributed by atoms with Crippen molar-refractivity contribution in [1.29, 1.82) is 0 Å². The molecule has 0 N–H and O–H groups in total. The van der Waals surface area contributed by atoms with Crippen LogP contribution in [0.1, 0.15) is 33.6 Å². The third kappa shape index (κ3) is 5.07. The predicted octanol–water partition coefficient (Wildman–Crippen LogP) is 4.95. The topological polar surface area (TPSA) is 35.5 Å². The van der Waals surface area contributed by atoms with Crippen LogP contribution in [0.3, 0.4) is 0 Å². The Balaban J connectivity index is 1.76. The zero-order valence-corrected chi connectivity index (χ0v) is 19.0. The molecular weight excluding hydrogens is 388 g/mol. The van der Waals surface area contributed by atoms with Crippen LogP contribution in [0.2, 0.25) is 5.04 Å². The number of carbonyl (C=O) groups is 1. The molecule has 3 rings (SSSR count). The maximum Gasteiger partial charge on any atom is 0.311 e. The first-order valence-electron chi connectivity index (χ1n) is 10.4. The lowest BCUT2D eigenvalue weighted by Gasteiger charge is -2.43. The summed E-state index contributed by atoms with van der Waals surface area (Å²) in [7, 11) is -2.55. The monoisotopic (exact) mass is 418 g/mol. The molecule has 156 valence electrons. The van der Waals surface area contributed by atoms with Gasteiger partial charge in [-0.2, -0.15) is 0 Å².